The minimum atomic E-state index is -0.0665. The van der Waals surface area contributed by atoms with E-state index in [1.807, 2.05) is 42.5 Å². The number of ether oxygens (including phenoxy) is 1. The minimum absolute atomic E-state index is 0.0644. The molecule has 1 saturated heterocycles. The SMILES string of the molecule is COc1ccc([C@H](c2c(NC(=O)c3ccccc3)sc(C)c2C)N2CCC(Cc3ccccc3)CC2)cc1. The van der Waals surface area contributed by atoms with Crippen LogP contribution in [-0.4, -0.2) is 31.0 Å². The van der Waals surface area contributed by atoms with Gasteiger partial charge in [0.1, 0.15) is 10.8 Å². The maximum Gasteiger partial charge on any atom is 0.256 e. The van der Waals surface area contributed by atoms with Gasteiger partial charge >= 0.3 is 0 Å². The summed E-state index contributed by atoms with van der Waals surface area (Å²) in [6.07, 6.45) is 3.46. The number of carbonyl (C=O) groups is 1. The van der Waals surface area contributed by atoms with Crippen LogP contribution in [0.4, 0.5) is 5.00 Å². The number of anilines is 1. The van der Waals surface area contributed by atoms with Gasteiger partial charge in [0.15, 0.2) is 0 Å². The molecule has 3 aromatic carbocycles. The van der Waals surface area contributed by atoms with Crippen molar-refractivity contribution in [3.05, 3.63) is 118 Å². The number of aryl methyl sites for hydroxylation is 1. The summed E-state index contributed by atoms with van der Waals surface area (Å²) >= 11 is 1.68. The number of benzene rings is 3. The maximum atomic E-state index is 13.2. The molecule has 5 rings (SSSR count). The molecular formula is C33H36N2O2S. The number of rotatable bonds is 8. The topological polar surface area (TPSA) is 41.6 Å². The first-order valence-electron chi connectivity index (χ1n) is 13.4. The van der Waals surface area contributed by atoms with Crippen LogP contribution in [0.25, 0.3) is 0 Å². The largest absolute Gasteiger partial charge is 0.497 e. The van der Waals surface area contributed by atoms with E-state index in [2.05, 4.69) is 66.5 Å². The molecule has 0 aliphatic carbocycles. The number of nitrogens with one attached hydrogen (secondary N) is 1. The number of hydrogen-bond donors (Lipinski definition) is 1. The van der Waals surface area contributed by atoms with Crippen LogP contribution in [0, 0.1) is 19.8 Å². The Balaban J connectivity index is 1.45. The number of thiophene rings is 1. The van der Waals surface area contributed by atoms with E-state index in [1.165, 1.54) is 27.1 Å². The van der Waals surface area contributed by atoms with Crippen molar-refractivity contribution in [2.45, 2.75) is 39.2 Å². The van der Waals surface area contributed by atoms with Gasteiger partial charge in [0, 0.05) is 16.0 Å². The third-order valence-electron chi connectivity index (χ3n) is 7.78. The number of nitrogens with zero attached hydrogens (tertiary/aromatic N) is 1. The second-order valence-corrected chi connectivity index (χ2v) is 11.4. The molecule has 38 heavy (non-hydrogen) atoms. The van der Waals surface area contributed by atoms with Crippen molar-refractivity contribution in [2.24, 2.45) is 5.92 Å². The summed E-state index contributed by atoms with van der Waals surface area (Å²) in [4.78, 5) is 17.0. The fraction of sp³-hybridized carbons (Fsp3) is 0.303. The van der Waals surface area contributed by atoms with Crippen LogP contribution in [0.5, 0.6) is 5.75 Å². The average molecular weight is 525 g/mol. The Morgan fingerprint density at radius 3 is 2.21 bits per heavy atom. The second-order valence-electron chi connectivity index (χ2n) is 10.2. The smallest absolute Gasteiger partial charge is 0.256 e. The van der Waals surface area contributed by atoms with Crippen LogP contribution in [-0.2, 0) is 6.42 Å². The van der Waals surface area contributed by atoms with Gasteiger partial charge in [-0.2, -0.15) is 0 Å². The van der Waals surface area contributed by atoms with Gasteiger partial charge < -0.3 is 10.1 Å². The number of amides is 1. The maximum absolute atomic E-state index is 13.2. The van der Waals surface area contributed by atoms with E-state index in [4.69, 9.17) is 4.74 Å². The number of piperidine rings is 1. The number of carbonyl (C=O) groups excluding carboxylic acids is 1. The van der Waals surface area contributed by atoms with Crippen molar-refractivity contribution in [3.8, 4) is 5.75 Å². The van der Waals surface area contributed by atoms with Gasteiger partial charge in [-0.1, -0.05) is 60.7 Å². The zero-order valence-electron chi connectivity index (χ0n) is 22.4. The zero-order chi connectivity index (χ0) is 26.5. The van der Waals surface area contributed by atoms with E-state index in [0.717, 1.165) is 43.1 Å². The van der Waals surface area contributed by atoms with Crippen molar-refractivity contribution in [2.75, 3.05) is 25.5 Å². The summed E-state index contributed by atoms with van der Waals surface area (Å²) in [5.74, 6) is 1.47. The molecule has 4 nitrogen and oxygen atoms in total. The average Bonchev–Trinajstić information content (AvgIpc) is 3.23. The molecule has 0 bridgehead atoms. The summed E-state index contributed by atoms with van der Waals surface area (Å²) in [7, 11) is 1.70. The third kappa shape index (κ3) is 5.85. The molecular weight excluding hydrogens is 488 g/mol. The Morgan fingerprint density at radius 1 is 0.947 bits per heavy atom. The van der Waals surface area contributed by atoms with E-state index < -0.39 is 0 Å². The molecule has 0 spiro atoms. The lowest BCUT2D eigenvalue weighted by atomic mass is 9.87. The quantitative estimate of drug-likeness (QED) is 0.257. The van der Waals surface area contributed by atoms with Gasteiger partial charge in [-0.15, -0.1) is 11.3 Å². The van der Waals surface area contributed by atoms with Crippen LogP contribution in [0.3, 0.4) is 0 Å². The highest BCUT2D eigenvalue weighted by molar-refractivity contribution is 7.16. The van der Waals surface area contributed by atoms with Crippen LogP contribution >= 0.6 is 11.3 Å². The lowest BCUT2D eigenvalue weighted by Gasteiger charge is -2.38. The first-order valence-corrected chi connectivity index (χ1v) is 14.2. The molecule has 1 aliphatic rings. The summed E-state index contributed by atoms with van der Waals surface area (Å²) < 4.78 is 5.46. The van der Waals surface area contributed by atoms with Gasteiger partial charge in [0.25, 0.3) is 5.91 Å². The van der Waals surface area contributed by atoms with Gasteiger partial charge in [-0.05, 0) is 93.1 Å². The van der Waals surface area contributed by atoms with Gasteiger partial charge in [0.2, 0.25) is 0 Å². The Morgan fingerprint density at radius 2 is 1.58 bits per heavy atom. The molecule has 1 aliphatic heterocycles. The van der Waals surface area contributed by atoms with Crippen LogP contribution < -0.4 is 10.1 Å². The predicted octanol–water partition coefficient (Wildman–Crippen LogP) is 7.67. The Kier molecular flexibility index (Phi) is 8.26. The van der Waals surface area contributed by atoms with E-state index in [0.29, 0.717) is 11.5 Å². The van der Waals surface area contributed by atoms with E-state index >= 15 is 0 Å². The molecule has 1 atom stereocenters. The predicted molar refractivity (Wildman–Crippen MR) is 157 cm³/mol. The summed E-state index contributed by atoms with van der Waals surface area (Å²) in [5.41, 5.74) is 5.79. The van der Waals surface area contributed by atoms with Crippen LogP contribution in [0.1, 0.15) is 56.4 Å². The monoisotopic (exact) mass is 524 g/mol. The standard InChI is InChI=1S/C33H36N2O2S/c1-23-24(2)38-33(34-32(36)28-12-8-5-9-13-28)30(23)31(27-14-16-29(37-3)17-15-27)35-20-18-26(19-21-35)22-25-10-6-4-7-11-25/h4-17,26,31H,18-22H2,1-3H3,(H,34,36)/t31-/m1/s1. The van der Waals surface area contributed by atoms with Gasteiger partial charge in [-0.25, -0.2) is 0 Å². The summed E-state index contributed by atoms with van der Waals surface area (Å²) in [6.45, 7) is 6.39. The highest BCUT2D eigenvalue weighted by Gasteiger charge is 2.32. The first kappa shape index (κ1) is 26.2. The van der Waals surface area contributed by atoms with Gasteiger partial charge in [-0.3, -0.25) is 9.69 Å². The summed E-state index contributed by atoms with van der Waals surface area (Å²) in [5, 5.41) is 4.22. The van der Waals surface area contributed by atoms with Crippen LogP contribution in [0.15, 0.2) is 84.9 Å². The number of methoxy groups -OCH3 is 1. The molecule has 1 N–H and O–H groups in total. The normalized spacial score (nSPS) is 15.2. The highest BCUT2D eigenvalue weighted by Crippen LogP contribution is 2.44. The second kappa shape index (κ2) is 12.0. The molecule has 1 fully saturated rings. The molecule has 0 radical (unpaired) electrons. The van der Waals surface area contributed by atoms with Crippen molar-refractivity contribution in [1.82, 2.24) is 4.90 Å². The minimum Gasteiger partial charge on any atom is -0.497 e. The molecule has 2 heterocycles. The first-order chi connectivity index (χ1) is 18.5. The van der Waals surface area contributed by atoms with Crippen molar-refractivity contribution < 1.29 is 9.53 Å². The number of hydrogen-bond acceptors (Lipinski definition) is 4. The number of likely N-dealkylation sites (tertiary alicyclic amines) is 1. The van der Waals surface area contributed by atoms with E-state index in [1.54, 1.807) is 18.4 Å². The lowest BCUT2D eigenvalue weighted by Crippen LogP contribution is -2.38. The summed E-state index contributed by atoms with van der Waals surface area (Å²) in [6, 6.07) is 28.8. The third-order valence-corrected chi connectivity index (χ3v) is 8.92. The Labute approximate surface area is 230 Å². The van der Waals surface area contributed by atoms with Crippen molar-refractivity contribution >= 4 is 22.2 Å². The zero-order valence-corrected chi connectivity index (χ0v) is 23.3. The molecule has 4 aromatic rings. The molecule has 0 unspecified atom stereocenters. The van der Waals surface area contributed by atoms with E-state index in [-0.39, 0.29) is 11.9 Å². The molecule has 1 aromatic heterocycles. The fourth-order valence-corrected chi connectivity index (χ4v) is 6.63. The Bertz CT molecular complexity index is 1340. The van der Waals surface area contributed by atoms with Crippen LogP contribution in [0.2, 0.25) is 0 Å². The Hall–Kier alpha value is -3.41. The fourth-order valence-electron chi connectivity index (χ4n) is 5.54. The molecule has 1 amide bonds. The van der Waals surface area contributed by atoms with Crippen molar-refractivity contribution in [1.29, 1.82) is 0 Å². The molecule has 196 valence electrons. The van der Waals surface area contributed by atoms with Gasteiger partial charge in [0.05, 0.1) is 13.2 Å². The van der Waals surface area contributed by atoms with E-state index in [9.17, 15) is 4.79 Å². The molecule has 5 heteroatoms. The molecule has 0 saturated carbocycles. The lowest BCUT2D eigenvalue weighted by molar-refractivity contribution is 0.102. The highest BCUT2D eigenvalue weighted by atomic mass is 32.1. The van der Waals surface area contributed by atoms with Crippen molar-refractivity contribution in [3.63, 3.8) is 0 Å².